The van der Waals surface area contributed by atoms with E-state index >= 15 is 0 Å². The van der Waals surface area contributed by atoms with E-state index in [0.717, 1.165) is 11.2 Å². The van der Waals surface area contributed by atoms with Gasteiger partial charge in [-0.2, -0.15) is 0 Å². The largest absolute Gasteiger partial charge is 0.456 e. The van der Waals surface area contributed by atoms with E-state index < -0.39 is 0 Å². The molecule has 8 aromatic carbocycles. The highest BCUT2D eigenvalue weighted by molar-refractivity contribution is 6.26. The Labute approximate surface area is 224 Å². The molecule has 0 aliphatic carbocycles. The Bertz CT molecular complexity index is 2330. The zero-order chi connectivity index (χ0) is 25.5. The molecular formula is C38H22O. The number of hydrogen-bond acceptors (Lipinski definition) is 1. The molecule has 1 nitrogen and oxygen atoms in total. The van der Waals surface area contributed by atoms with Crippen LogP contribution in [0.1, 0.15) is 0 Å². The Morgan fingerprint density at radius 2 is 0.923 bits per heavy atom. The van der Waals surface area contributed by atoms with E-state index in [4.69, 9.17) is 4.42 Å². The molecule has 0 saturated carbocycles. The van der Waals surface area contributed by atoms with Gasteiger partial charge in [0.2, 0.25) is 0 Å². The summed E-state index contributed by atoms with van der Waals surface area (Å²) in [4.78, 5) is 0. The van der Waals surface area contributed by atoms with Gasteiger partial charge in [0.25, 0.3) is 0 Å². The molecule has 0 spiro atoms. The number of fused-ring (bicyclic) bond motifs is 3. The first-order valence-corrected chi connectivity index (χ1v) is 13.4. The van der Waals surface area contributed by atoms with E-state index in [0.29, 0.717) is 0 Å². The second-order valence-electron chi connectivity index (χ2n) is 10.5. The second kappa shape index (κ2) is 7.69. The molecule has 0 atom stereocenters. The van der Waals surface area contributed by atoms with E-state index in [1.165, 1.54) is 76.1 Å². The van der Waals surface area contributed by atoms with Crippen molar-refractivity contribution >= 4 is 65.0 Å². The average molecular weight is 495 g/mol. The molecule has 0 unspecified atom stereocenters. The number of benzene rings is 8. The highest BCUT2D eigenvalue weighted by atomic mass is 16.3. The molecule has 180 valence electrons. The molecule has 9 rings (SSSR count). The Kier molecular flexibility index (Phi) is 4.11. The van der Waals surface area contributed by atoms with Gasteiger partial charge in [0, 0.05) is 10.8 Å². The summed E-state index contributed by atoms with van der Waals surface area (Å²) >= 11 is 0. The first-order valence-electron chi connectivity index (χ1n) is 13.4. The van der Waals surface area contributed by atoms with Crippen LogP contribution >= 0.6 is 0 Å². The van der Waals surface area contributed by atoms with Crippen LogP contribution in [0.4, 0.5) is 0 Å². The minimum atomic E-state index is 0.945. The fraction of sp³-hybridized carbons (Fsp3) is 0. The van der Waals surface area contributed by atoms with Crippen molar-refractivity contribution in [3.05, 3.63) is 133 Å². The van der Waals surface area contributed by atoms with Crippen molar-refractivity contribution in [3.63, 3.8) is 0 Å². The topological polar surface area (TPSA) is 13.1 Å². The second-order valence-corrected chi connectivity index (χ2v) is 10.5. The van der Waals surface area contributed by atoms with Crippen molar-refractivity contribution in [1.82, 2.24) is 0 Å². The minimum absolute atomic E-state index is 0.945. The van der Waals surface area contributed by atoms with E-state index in [1.807, 2.05) is 0 Å². The zero-order valence-electron chi connectivity index (χ0n) is 21.1. The highest BCUT2D eigenvalue weighted by Crippen LogP contribution is 2.47. The number of rotatable bonds is 2. The van der Waals surface area contributed by atoms with Crippen molar-refractivity contribution in [2.45, 2.75) is 0 Å². The molecule has 0 N–H and O–H groups in total. The van der Waals surface area contributed by atoms with Crippen LogP contribution in [0.5, 0.6) is 0 Å². The van der Waals surface area contributed by atoms with Crippen LogP contribution in [0.3, 0.4) is 0 Å². The van der Waals surface area contributed by atoms with Gasteiger partial charge in [-0.1, -0.05) is 115 Å². The molecule has 1 aromatic heterocycles. The van der Waals surface area contributed by atoms with Crippen LogP contribution in [0, 0.1) is 0 Å². The summed E-state index contributed by atoms with van der Waals surface area (Å²) in [6.07, 6.45) is 0. The average Bonchev–Trinajstić information content (AvgIpc) is 3.38. The molecule has 0 bridgehead atoms. The Morgan fingerprint density at radius 3 is 1.69 bits per heavy atom. The molecule has 9 aromatic rings. The van der Waals surface area contributed by atoms with Crippen LogP contribution < -0.4 is 0 Å². The van der Waals surface area contributed by atoms with Crippen molar-refractivity contribution < 1.29 is 4.42 Å². The number of furan rings is 1. The van der Waals surface area contributed by atoms with Gasteiger partial charge < -0.3 is 4.42 Å². The van der Waals surface area contributed by atoms with Crippen LogP contribution in [0.2, 0.25) is 0 Å². The fourth-order valence-corrected chi connectivity index (χ4v) is 6.77. The standard InChI is InChI=1S/C38H22O/c1-2-12-27-23(9-1)10-7-17-28(27)38-31-15-5-3-13-29(31)35(30-14-4-6-16-32(30)38)26-21-25-20-19-24-11-8-18-33-36(24)37(25)34(22-26)39-33/h1-22H. The predicted octanol–water partition coefficient (Wildman–Crippen LogP) is 11.0. The van der Waals surface area contributed by atoms with Gasteiger partial charge in [0.15, 0.2) is 0 Å². The lowest BCUT2D eigenvalue weighted by molar-refractivity contribution is 0.669. The van der Waals surface area contributed by atoms with Gasteiger partial charge in [-0.15, -0.1) is 0 Å². The SMILES string of the molecule is c1ccc2c(-c3c4ccccc4c(-c4cc5ccc6cccc7oc(c4)c5c67)c4ccccc34)cccc2c1. The van der Waals surface area contributed by atoms with Crippen LogP contribution in [-0.2, 0) is 0 Å². The maximum Gasteiger partial charge on any atom is 0.136 e. The van der Waals surface area contributed by atoms with Crippen molar-refractivity contribution in [3.8, 4) is 22.3 Å². The molecule has 0 saturated heterocycles. The van der Waals surface area contributed by atoms with Gasteiger partial charge in [-0.3, -0.25) is 0 Å². The molecular weight excluding hydrogens is 472 g/mol. The van der Waals surface area contributed by atoms with Gasteiger partial charge >= 0.3 is 0 Å². The Morgan fingerprint density at radius 1 is 0.359 bits per heavy atom. The van der Waals surface area contributed by atoms with Gasteiger partial charge in [-0.25, -0.2) is 0 Å². The van der Waals surface area contributed by atoms with E-state index in [2.05, 4.69) is 133 Å². The van der Waals surface area contributed by atoms with Crippen LogP contribution in [-0.4, -0.2) is 0 Å². The quantitative estimate of drug-likeness (QED) is 0.172. The van der Waals surface area contributed by atoms with Gasteiger partial charge in [0.05, 0.1) is 0 Å². The Hall–Kier alpha value is -5.14. The third-order valence-electron chi connectivity index (χ3n) is 8.38. The van der Waals surface area contributed by atoms with Gasteiger partial charge in [-0.05, 0) is 83.5 Å². The summed E-state index contributed by atoms with van der Waals surface area (Å²) in [5.74, 6) is 0. The maximum atomic E-state index is 6.44. The van der Waals surface area contributed by atoms with E-state index in [1.54, 1.807) is 0 Å². The summed E-state index contributed by atoms with van der Waals surface area (Å²) in [5.41, 5.74) is 6.89. The molecule has 0 aliphatic rings. The van der Waals surface area contributed by atoms with E-state index in [-0.39, 0.29) is 0 Å². The predicted molar refractivity (Wildman–Crippen MR) is 166 cm³/mol. The minimum Gasteiger partial charge on any atom is -0.456 e. The summed E-state index contributed by atoms with van der Waals surface area (Å²) in [7, 11) is 0. The molecule has 39 heavy (non-hydrogen) atoms. The lowest BCUT2D eigenvalue weighted by atomic mass is 9.84. The summed E-state index contributed by atoms with van der Waals surface area (Å²) in [6.45, 7) is 0. The first kappa shape index (κ1) is 20.9. The van der Waals surface area contributed by atoms with Crippen LogP contribution in [0.25, 0.3) is 87.3 Å². The smallest absolute Gasteiger partial charge is 0.136 e. The normalized spacial score (nSPS) is 12.1. The fourth-order valence-electron chi connectivity index (χ4n) is 6.77. The summed E-state index contributed by atoms with van der Waals surface area (Å²) in [6, 6.07) is 48.4. The summed E-state index contributed by atoms with van der Waals surface area (Å²) in [5, 5.41) is 12.4. The van der Waals surface area contributed by atoms with Crippen molar-refractivity contribution in [2.24, 2.45) is 0 Å². The lowest BCUT2D eigenvalue weighted by Crippen LogP contribution is -1.91. The summed E-state index contributed by atoms with van der Waals surface area (Å²) < 4.78 is 6.44. The third-order valence-corrected chi connectivity index (χ3v) is 8.38. The van der Waals surface area contributed by atoms with Gasteiger partial charge in [0.1, 0.15) is 11.2 Å². The molecule has 0 aliphatic heterocycles. The molecule has 0 radical (unpaired) electrons. The third kappa shape index (κ3) is 2.85. The van der Waals surface area contributed by atoms with Crippen molar-refractivity contribution in [2.75, 3.05) is 0 Å². The zero-order valence-corrected chi connectivity index (χ0v) is 21.1. The monoisotopic (exact) mass is 494 g/mol. The number of hydrogen-bond donors (Lipinski definition) is 0. The maximum absolute atomic E-state index is 6.44. The molecule has 1 heteroatoms. The Balaban J connectivity index is 1.44. The lowest BCUT2D eigenvalue weighted by Gasteiger charge is -2.19. The van der Waals surface area contributed by atoms with Crippen LogP contribution in [0.15, 0.2) is 138 Å². The molecule has 0 fully saturated rings. The molecule has 1 heterocycles. The van der Waals surface area contributed by atoms with E-state index in [9.17, 15) is 0 Å². The highest BCUT2D eigenvalue weighted by Gasteiger charge is 2.20. The first-order chi connectivity index (χ1) is 19.3. The molecule has 0 amide bonds. The van der Waals surface area contributed by atoms with Crippen molar-refractivity contribution in [1.29, 1.82) is 0 Å².